The zero-order valence-electron chi connectivity index (χ0n) is 18.4. The molecule has 0 aliphatic carbocycles. The summed E-state index contributed by atoms with van der Waals surface area (Å²) in [6, 6.07) is 8.44. The Morgan fingerprint density at radius 2 is 1.56 bits per heavy atom. The summed E-state index contributed by atoms with van der Waals surface area (Å²) in [4.78, 5) is 23.8. The highest BCUT2D eigenvalue weighted by Gasteiger charge is 2.16. The number of aromatic nitrogens is 2. The largest absolute Gasteiger partial charge is 0.382 e. The van der Waals surface area contributed by atoms with Crippen molar-refractivity contribution in [3.05, 3.63) is 59.4 Å². The summed E-state index contributed by atoms with van der Waals surface area (Å²) >= 11 is 5.75. The van der Waals surface area contributed by atoms with Crippen LogP contribution in [0.3, 0.4) is 0 Å². The number of nitrogens with one attached hydrogen (secondary N) is 2. The molecule has 8 N–H and O–H groups in total. The number of hydrogen-bond acceptors (Lipinski definition) is 7. The number of unbranched alkanes of at least 4 members (excludes halogenated alkanes) is 1. The maximum atomic E-state index is 12.1. The van der Waals surface area contributed by atoms with Gasteiger partial charge in [0.05, 0.1) is 0 Å². The van der Waals surface area contributed by atoms with E-state index in [0.717, 1.165) is 19.3 Å². The molecule has 1 amide bonds. The van der Waals surface area contributed by atoms with Crippen LogP contribution in [0.15, 0.2) is 42.4 Å². The fourth-order valence-electron chi connectivity index (χ4n) is 2.22. The summed E-state index contributed by atoms with van der Waals surface area (Å²) in [6.45, 7) is 8.56. The standard InChI is InChI=1S/C17H22ClN7O.C2H7N.C2H4.3CH4/c1-10-5-7-11(8-6-10)4-2-3-9-22-17(21)25-16(26)12-14(19)24-15(20)13(18)23-12;1-3-2;1-2;;;/h5-8H,2-4,9H2,1H3,(H4,19,20,24)(H3,21,22,25,26);3H,1-2H3;1-2H2;3*1H4. The molecule has 9 nitrogen and oxygen atoms in total. The summed E-state index contributed by atoms with van der Waals surface area (Å²) in [7, 11) is 3.75. The molecule has 0 radical (unpaired) electrons. The van der Waals surface area contributed by atoms with E-state index in [9.17, 15) is 4.79 Å². The number of rotatable bonds is 6. The molecule has 0 aliphatic heterocycles. The van der Waals surface area contributed by atoms with Crippen LogP contribution < -0.4 is 27.8 Å². The van der Waals surface area contributed by atoms with Gasteiger partial charge in [0, 0.05) is 6.54 Å². The second-order valence-electron chi connectivity index (χ2n) is 6.30. The molecule has 0 fully saturated rings. The van der Waals surface area contributed by atoms with Crippen LogP contribution in [0.2, 0.25) is 5.15 Å². The normalized spacial score (nSPS) is 9.35. The molecule has 0 bridgehead atoms. The average Bonchev–Trinajstić information content (AvgIpc) is 2.73. The third-order valence-corrected chi connectivity index (χ3v) is 3.92. The number of guanidine groups is 1. The molecular formula is C24H45ClN8O. The van der Waals surface area contributed by atoms with Crippen molar-refractivity contribution >= 4 is 35.1 Å². The summed E-state index contributed by atoms with van der Waals surface area (Å²) in [5, 5.41) is 5.05. The Labute approximate surface area is 211 Å². The fraction of sp³-hybridized carbons (Fsp3) is 0.417. The first-order chi connectivity index (χ1) is 14.8. The zero-order chi connectivity index (χ0) is 23.8. The van der Waals surface area contributed by atoms with Crippen molar-refractivity contribution in [3.8, 4) is 0 Å². The van der Waals surface area contributed by atoms with Gasteiger partial charge in [-0.25, -0.2) is 9.97 Å². The van der Waals surface area contributed by atoms with E-state index in [4.69, 9.17) is 28.8 Å². The first kappa shape index (κ1) is 38.1. The molecule has 0 aliphatic rings. The molecule has 0 saturated heterocycles. The van der Waals surface area contributed by atoms with Crippen LogP contribution in [-0.4, -0.2) is 42.5 Å². The topological polar surface area (TPSA) is 157 Å². The predicted octanol–water partition coefficient (Wildman–Crippen LogP) is 4.22. The van der Waals surface area contributed by atoms with Crippen molar-refractivity contribution in [3.63, 3.8) is 0 Å². The molecule has 0 unspecified atom stereocenters. The third kappa shape index (κ3) is 14.8. The van der Waals surface area contributed by atoms with Crippen LogP contribution in [0.4, 0.5) is 11.6 Å². The Hall–Kier alpha value is -3.17. The van der Waals surface area contributed by atoms with Crippen LogP contribution in [0.25, 0.3) is 0 Å². The molecule has 34 heavy (non-hydrogen) atoms. The van der Waals surface area contributed by atoms with Crippen molar-refractivity contribution in [2.45, 2.75) is 48.5 Å². The van der Waals surface area contributed by atoms with Crippen LogP contribution in [-0.2, 0) is 6.42 Å². The molecule has 1 aromatic heterocycles. The Morgan fingerprint density at radius 1 is 1.03 bits per heavy atom. The zero-order valence-corrected chi connectivity index (χ0v) is 19.2. The van der Waals surface area contributed by atoms with Crippen molar-refractivity contribution in [2.75, 3.05) is 32.1 Å². The highest BCUT2D eigenvalue weighted by Crippen LogP contribution is 2.17. The minimum atomic E-state index is -0.641. The van der Waals surface area contributed by atoms with Gasteiger partial charge in [-0.1, -0.05) is 63.7 Å². The van der Waals surface area contributed by atoms with E-state index in [1.807, 2.05) is 14.1 Å². The number of halogens is 1. The number of nitrogens with two attached hydrogens (primary N) is 3. The molecule has 194 valence electrons. The van der Waals surface area contributed by atoms with Gasteiger partial charge in [0.25, 0.3) is 5.91 Å². The third-order valence-electron chi connectivity index (χ3n) is 3.64. The molecule has 0 spiro atoms. The first-order valence-corrected chi connectivity index (χ1v) is 10.00. The van der Waals surface area contributed by atoms with E-state index in [2.05, 4.69) is 69.9 Å². The molecule has 2 aromatic rings. The van der Waals surface area contributed by atoms with Crippen LogP contribution in [0.1, 0.15) is 56.7 Å². The fourth-order valence-corrected chi connectivity index (χ4v) is 2.35. The van der Waals surface area contributed by atoms with Gasteiger partial charge in [-0.3, -0.25) is 15.1 Å². The Bertz CT molecular complexity index is 842. The second kappa shape index (κ2) is 21.7. The molecule has 0 atom stereocenters. The number of carbonyl (C=O) groups excluding carboxylic acids is 1. The summed E-state index contributed by atoms with van der Waals surface area (Å²) in [6.07, 6.45) is 2.79. The van der Waals surface area contributed by atoms with Gasteiger partial charge in [-0.05, 0) is 45.8 Å². The number of amides is 1. The van der Waals surface area contributed by atoms with E-state index in [0.29, 0.717) is 6.54 Å². The Morgan fingerprint density at radius 3 is 2.09 bits per heavy atom. The lowest BCUT2D eigenvalue weighted by atomic mass is 10.1. The molecule has 2 rings (SSSR count). The molecule has 1 heterocycles. The monoisotopic (exact) mass is 496 g/mol. The van der Waals surface area contributed by atoms with Crippen molar-refractivity contribution in [1.82, 2.24) is 20.6 Å². The quantitative estimate of drug-likeness (QED) is 0.173. The summed E-state index contributed by atoms with van der Waals surface area (Å²) in [5.74, 6) is -0.830. The SMILES string of the molecule is C.C.C.C=C.CNC.Cc1ccc(CCCCN=C(N)NC(=O)c2nc(Cl)c(N)nc2N)cc1. The van der Waals surface area contributed by atoms with E-state index < -0.39 is 5.91 Å². The van der Waals surface area contributed by atoms with Crippen LogP contribution in [0.5, 0.6) is 0 Å². The van der Waals surface area contributed by atoms with Gasteiger partial charge in [-0.15, -0.1) is 13.2 Å². The van der Waals surface area contributed by atoms with Crippen molar-refractivity contribution in [1.29, 1.82) is 0 Å². The second-order valence-corrected chi connectivity index (χ2v) is 6.66. The molecular weight excluding hydrogens is 452 g/mol. The van der Waals surface area contributed by atoms with Gasteiger partial charge < -0.3 is 22.5 Å². The smallest absolute Gasteiger partial charge is 0.280 e. The minimum absolute atomic E-state index is 0. The average molecular weight is 497 g/mol. The van der Waals surface area contributed by atoms with Gasteiger partial charge in [0.1, 0.15) is 0 Å². The number of hydrogen-bond donors (Lipinski definition) is 5. The van der Waals surface area contributed by atoms with E-state index in [1.165, 1.54) is 11.1 Å². The molecule has 10 heteroatoms. The Balaban J connectivity index is -0.000000521. The van der Waals surface area contributed by atoms with Crippen LogP contribution in [0, 0.1) is 6.92 Å². The maximum absolute atomic E-state index is 12.1. The number of carbonyl (C=O) groups is 1. The number of benzene rings is 1. The van der Waals surface area contributed by atoms with Crippen molar-refractivity contribution in [2.24, 2.45) is 10.7 Å². The van der Waals surface area contributed by atoms with Gasteiger partial charge in [-0.2, -0.15) is 0 Å². The predicted molar refractivity (Wildman–Crippen MR) is 150 cm³/mol. The van der Waals surface area contributed by atoms with Gasteiger partial charge in [0.15, 0.2) is 28.4 Å². The summed E-state index contributed by atoms with van der Waals surface area (Å²) in [5.41, 5.74) is 19.2. The number of anilines is 2. The number of nitrogen functional groups attached to an aromatic ring is 2. The highest BCUT2D eigenvalue weighted by atomic mass is 35.5. The maximum Gasteiger partial charge on any atom is 0.280 e. The van der Waals surface area contributed by atoms with Gasteiger partial charge in [0.2, 0.25) is 0 Å². The number of aliphatic imine (C=N–C) groups is 1. The van der Waals surface area contributed by atoms with E-state index >= 15 is 0 Å². The number of aryl methyl sites for hydroxylation is 2. The first-order valence-electron chi connectivity index (χ1n) is 9.62. The summed E-state index contributed by atoms with van der Waals surface area (Å²) < 4.78 is 0. The lowest BCUT2D eigenvalue weighted by Gasteiger charge is -2.07. The van der Waals surface area contributed by atoms with Gasteiger partial charge >= 0.3 is 0 Å². The van der Waals surface area contributed by atoms with Crippen LogP contribution >= 0.6 is 11.6 Å². The molecule has 0 saturated carbocycles. The van der Waals surface area contributed by atoms with Crippen molar-refractivity contribution < 1.29 is 4.79 Å². The highest BCUT2D eigenvalue weighted by molar-refractivity contribution is 6.31. The molecule has 1 aromatic carbocycles. The lowest BCUT2D eigenvalue weighted by molar-refractivity contribution is 0.0972. The number of nitrogens with zero attached hydrogens (tertiary/aromatic N) is 3. The Kier molecular flexibility index (Phi) is 24.3. The lowest BCUT2D eigenvalue weighted by Crippen LogP contribution is -2.38. The minimum Gasteiger partial charge on any atom is -0.382 e. The van der Waals surface area contributed by atoms with E-state index in [-0.39, 0.29) is 50.7 Å². The van der Waals surface area contributed by atoms with E-state index in [1.54, 1.807) is 0 Å².